The summed E-state index contributed by atoms with van der Waals surface area (Å²) in [6.45, 7) is 7.48. The third-order valence-corrected chi connectivity index (χ3v) is 3.26. The molecule has 94 valence electrons. The summed E-state index contributed by atoms with van der Waals surface area (Å²) in [5.41, 5.74) is 0. The molecule has 0 aromatic carbocycles. The van der Waals surface area contributed by atoms with Gasteiger partial charge in [0.15, 0.2) is 0 Å². The number of hydrogen-bond donors (Lipinski definition) is 1. The molecule has 1 aromatic heterocycles. The first-order chi connectivity index (χ1) is 8.29. The van der Waals surface area contributed by atoms with Crippen LogP contribution in [0.3, 0.4) is 0 Å². The molecule has 0 amide bonds. The van der Waals surface area contributed by atoms with Crippen molar-refractivity contribution in [3.63, 3.8) is 0 Å². The summed E-state index contributed by atoms with van der Waals surface area (Å²) in [5, 5.41) is 3.60. The molecule has 1 saturated heterocycles. The van der Waals surface area contributed by atoms with Crippen LogP contribution in [0.15, 0.2) is 12.3 Å². The second kappa shape index (κ2) is 5.96. The van der Waals surface area contributed by atoms with E-state index in [1.54, 1.807) is 0 Å². The van der Waals surface area contributed by atoms with Gasteiger partial charge in [-0.05, 0) is 38.8 Å². The molecule has 17 heavy (non-hydrogen) atoms. The number of nitrogens with zero attached hydrogens (tertiary/aromatic N) is 3. The Kier molecular flexibility index (Phi) is 4.31. The molecule has 1 fully saturated rings. The highest BCUT2D eigenvalue weighted by molar-refractivity contribution is 5.37. The topological polar surface area (TPSA) is 41.0 Å². The maximum atomic E-state index is 4.48. The molecule has 0 spiro atoms. The van der Waals surface area contributed by atoms with Gasteiger partial charge in [-0.25, -0.2) is 9.97 Å². The lowest BCUT2D eigenvalue weighted by Crippen LogP contribution is -2.43. The Morgan fingerprint density at radius 3 is 2.82 bits per heavy atom. The van der Waals surface area contributed by atoms with E-state index in [9.17, 15) is 0 Å². The van der Waals surface area contributed by atoms with Gasteiger partial charge in [0.2, 0.25) is 0 Å². The van der Waals surface area contributed by atoms with Crippen molar-refractivity contribution in [3.8, 4) is 0 Å². The average Bonchev–Trinajstić information content (AvgIpc) is 2.37. The maximum absolute atomic E-state index is 4.48. The van der Waals surface area contributed by atoms with Gasteiger partial charge >= 0.3 is 0 Å². The van der Waals surface area contributed by atoms with E-state index >= 15 is 0 Å². The van der Waals surface area contributed by atoms with Gasteiger partial charge in [-0.15, -0.1) is 0 Å². The number of rotatable bonds is 4. The van der Waals surface area contributed by atoms with Crippen LogP contribution in [-0.2, 0) is 0 Å². The number of aromatic nitrogens is 2. The standard InChI is InChI=1S/C13H22N4/c1-3-7-15-12-5-9-17(10-6-12)13-4-8-14-11(2)16-13/h4,8,12,15H,3,5-7,9-10H2,1-2H3. The zero-order chi connectivity index (χ0) is 12.1. The summed E-state index contributed by atoms with van der Waals surface area (Å²) >= 11 is 0. The first-order valence-electron chi connectivity index (χ1n) is 6.57. The van der Waals surface area contributed by atoms with E-state index in [1.807, 2.05) is 19.2 Å². The first-order valence-corrected chi connectivity index (χ1v) is 6.57. The third-order valence-electron chi connectivity index (χ3n) is 3.26. The fourth-order valence-corrected chi connectivity index (χ4v) is 2.28. The summed E-state index contributed by atoms with van der Waals surface area (Å²) in [6.07, 6.45) is 5.48. The SMILES string of the molecule is CCCNC1CCN(c2ccnc(C)n2)CC1. The number of hydrogen-bond acceptors (Lipinski definition) is 4. The van der Waals surface area contributed by atoms with Crippen LogP contribution in [0.1, 0.15) is 32.0 Å². The normalized spacial score (nSPS) is 17.4. The summed E-state index contributed by atoms with van der Waals surface area (Å²) in [7, 11) is 0. The monoisotopic (exact) mass is 234 g/mol. The zero-order valence-electron chi connectivity index (χ0n) is 10.8. The van der Waals surface area contributed by atoms with E-state index in [2.05, 4.69) is 27.1 Å². The molecule has 0 radical (unpaired) electrons. The lowest BCUT2D eigenvalue weighted by Gasteiger charge is -2.33. The Morgan fingerprint density at radius 2 is 2.18 bits per heavy atom. The lowest BCUT2D eigenvalue weighted by molar-refractivity contribution is 0.414. The van der Waals surface area contributed by atoms with Gasteiger partial charge in [0.05, 0.1) is 0 Å². The van der Waals surface area contributed by atoms with Crippen molar-refractivity contribution >= 4 is 5.82 Å². The van der Waals surface area contributed by atoms with Gasteiger partial charge < -0.3 is 10.2 Å². The van der Waals surface area contributed by atoms with E-state index in [-0.39, 0.29) is 0 Å². The highest BCUT2D eigenvalue weighted by atomic mass is 15.2. The van der Waals surface area contributed by atoms with Crippen molar-refractivity contribution < 1.29 is 0 Å². The summed E-state index contributed by atoms with van der Waals surface area (Å²) < 4.78 is 0. The molecule has 0 bridgehead atoms. The Bertz CT molecular complexity index is 345. The molecule has 2 heterocycles. The second-order valence-corrected chi connectivity index (χ2v) is 4.68. The van der Waals surface area contributed by atoms with Crippen LogP contribution in [0.5, 0.6) is 0 Å². The number of nitrogens with one attached hydrogen (secondary N) is 1. The van der Waals surface area contributed by atoms with Crippen LogP contribution in [0.2, 0.25) is 0 Å². The minimum absolute atomic E-state index is 0.689. The second-order valence-electron chi connectivity index (χ2n) is 4.68. The van der Waals surface area contributed by atoms with Crippen LogP contribution in [0.25, 0.3) is 0 Å². The van der Waals surface area contributed by atoms with Crippen molar-refractivity contribution in [2.24, 2.45) is 0 Å². The van der Waals surface area contributed by atoms with E-state index in [0.717, 1.165) is 31.3 Å². The van der Waals surface area contributed by atoms with Crippen LogP contribution in [0, 0.1) is 6.92 Å². The fourth-order valence-electron chi connectivity index (χ4n) is 2.28. The predicted molar refractivity (Wildman–Crippen MR) is 70.3 cm³/mol. The highest BCUT2D eigenvalue weighted by Crippen LogP contribution is 2.17. The quantitative estimate of drug-likeness (QED) is 0.862. The average molecular weight is 234 g/mol. The summed E-state index contributed by atoms with van der Waals surface area (Å²) in [4.78, 5) is 11.0. The largest absolute Gasteiger partial charge is 0.356 e. The Labute approximate surface area is 103 Å². The minimum atomic E-state index is 0.689. The molecule has 0 aliphatic carbocycles. The molecule has 0 saturated carbocycles. The Hall–Kier alpha value is -1.16. The molecule has 1 aromatic rings. The van der Waals surface area contributed by atoms with E-state index in [1.165, 1.54) is 19.3 Å². The molecular formula is C13H22N4. The first kappa shape index (κ1) is 12.3. The van der Waals surface area contributed by atoms with Crippen LogP contribution in [0.4, 0.5) is 5.82 Å². The van der Waals surface area contributed by atoms with E-state index < -0.39 is 0 Å². The minimum Gasteiger partial charge on any atom is -0.356 e. The fraction of sp³-hybridized carbons (Fsp3) is 0.692. The molecule has 1 N–H and O–H groups in total. The van der Waals surface area contributed by atoms with E-state index in [4.69, 9.17) is 0 Å². The van der Waals surface area contributed by atoms with Gasteiger partial charge in [0, 0.05) is 25.3 Å². The van der Waals surface area contributed by atoms with Crippen molar-refractivity contribution in [2.45, 2.75) is 39.2 Å². The molecule has 1 aliphatic rings. The maximum Gasteiger partial charge on any atom is 0.132 e. The summed E-state index contributed by atoms with van der Waals surface area (Å²) in [6, 6.07) is 2.70. The van der Waals surface area contributed by atoms with Gasteiger partial charge in [-0.1, -0.05) is 6.92 Å². The summed E-state index contributed by atoms with van der Waals surface area (Å²) in [5.74, 6) is 1.93. The molecule has 2 rings (SSSR count). The Morgan fingerprint density at radius 1 is 1.41 bits per heavy atom. The molecule has 1 aliphatic heterocycles. The van der Waals surface area contributed by atoms with Crippen molar-refractivity contribution in [2.75, 3.05) is 24.5 Å². The van der Waals surface area contributed by atoms with Crippen LogP contribution >= 0.6 is 0 Å². The highest BCUT2D eigenvalue weighted by Gasteiger charge is 2.19. The van der Waals surface area contributed by atoms with Crippen LogP contribution < -0.4 is 10.2 Å². The lowest BCUT2D eigenvalue weighted by atomic mass is 10.1. The van der Waals surface area contributed by atoms with Gasteiger partial charge in [-0.2, -0.15) is 0 Å². The van der Waals surface area contributed by atoms with E-state index in [0.29, 0.717) is 6.04 Å². The molecular weight excluding hydrogens is 212 g/mol. The van der Waals surface area contributed by atoms with Gasteiger partial charge in [0.1, 0.15) is 11.6 Å². The number of anilines is 1. The molecule has 0 unspecified atom stereocenters. The van der Waals surface area contributed by atoms with Crippen molar-refractivity contribution in [1.82, 2.24) is 15.3 Å². The van der Waals surface area contributed by atoms with Crippen molar-refractivity contribution in [3.05, 3.63) is 18.1 Å². The number of aryl methyl sites for hydroxylation is 1. The van der Waals surface area contributed by atoms with Gasteiger partial charge in [0.25, 0.3) is 0 Å². The van der Waals surface area contributed by atoms with Crippen molar-refractivity contribution in [1.29, 1.82) is 0 Å². The molecule has 4 nitrogen and oxygen atoms in total. The zero-order valence-corrected chi connectivity index (χ0v) is 10.8. The predicted octanol–water partition coefficient (Wildman–Crippen LogP) is 1.75. The smallest absolute Gasteiger partial charge is 0.132 e. The van der Waals surface area contributed by atoms with Crippen LogP contribution in [-0.4, -0.2) is 35.6 Å². The molecule has 0 atom stereocenters. The van der Waals surface area contributed by atoms with Gasteiger partial charge in [-0.3, -0.25) is 0 Å². The Balaban J connectivity index is 1.86. The number of piperidine rings is 1. The third kappa shape index (κ3) is 3.40. The molecule has 4 heteroatoms.